The number of nitrogens with one attached hydrogen (secondary N) is 2. The van der Waals surface area contributed by atoms with Gasteiger partial charge in [-0.1, -0.05) is 31.2 Å². The van der Waals surface area contributed by atoms with Crippen LogP contribution in [0.15, 0.2) is 99.9 Å². The van der Waals surface area contributed by atoms with Gasteiger partial charge in [-0.2, -0.15) is 0 Å². The molecule has 1 heterocycles. The first-order chi connectivity index (χ1) is 21.7. The summed E-state index contributed by atoms with van der Waals surface area (Å²) < 4.78 is 52.1. The minimum absolute atomic E-state index is 0.179. The fourth-order valence-corrected chi connectivity index (χ4v) is 5.07. The Morgan fingerprint density at radius 2 is 1.78 bits per heavy atom. The van der Waals surface area contributed by atoms with E-state index in [1.807, 2.05) is 68.5 Å². The average molecular weight is 624 g/mol. The molecule has 0 unspecified atom stereocenters. The second-order valence-corrected chi connectivity index (χ2v) is 10.6. The smallest absolute Gasteiger partial charge is 0.480 e. The first-order valence-corrected chi connectivity index (χ1v) is 15.0. The number of halogens is 3. The van der Waals surface area contributed by atoms with E-state index in [0.717, 1.165) is 48.4 Å². The van der Waals surface area contributed by atoms with E-state index in [4.69, 9.17) is 19.5 Å². The first-order valence-electron chi connectivity index (χ1n) is 15.0. The monoisotopic (exact) mass is 623 g/mol. The Balaban J connectivity index is 1.65. The predicted molar refractivity (Wildman–Crippen MR) is 173 cm³/mol. The number of rotatable bonds is 12. The van der Waals surface area contributed by atoms with Crippen LogP contribution in [0.2, 0.25) is 0 Å². The number of ether oxygens (including phenoxy) is 3. The van der Waals surface area contributed by atoms with Gasteiger partial charge >= 0.3 is 6.36 Å². The van der Waals surface area contributed by atoms with E-state index < -0.39 is 13.0 Å². The lowest BCUT2D eigenvalue weighted by molar-refractivity contribution is -0.319. The molecule has 8 nitrogen and oxygen atoms in total. The molecule has 45 heavy (non-hydrogen) atoms. The van der Waals surface area contributed by atoms with Gasteiger partial charge in [-0.15, -0.1) is 13.2 Å². The van der Waals surface area contributed by atoms with E-state index >= 15 is 0 Å². The van der Waals surface area contributed by atoms with Gasteiger partial charge in [-0.05, 0) is 87.1 Å². The summed E-state index contributed by atoms with van der Waals surface area (Å²) >= 11 is 0. The highest BCUT2D eigenvalue weighted by atomic mass is 19.4. The third-order valence-electron chi connectivity index (χ3n) is 7.34. The molecule has 2 N–H and O–H groups in total. The fourth-order valence-electron chi connectivity index (χ4n) is 5.07. The van der Waals surface area contributed by atoms with Gasteiger partial charge in [-0.3, -0.25) is 9.73 Å². The molecule has 1 aromatic carbocycles. The SMILES string of the molecule is CC/C=C(\C=C/COC(F)(F)F)Nc1ccccc1N=C1C=C(Nc2cccnc2OC)C(=NC2CCC(OC)CC2)C=C1C. The molecule has 0 aliphatic heterocycles. The van der Waals surface area contributed by atoms with E-state index in [9.17, 15) is 13.2 Å². The number of hydrogen-bond donors (Lipinski definition) is 2. The van der Waals surface area contributed by atoms with Crippen LogP contribution in [-0.4, -0.2) is 55.7 Å². The Morgan fingerprint density at radius 1 is 1.02 bits per heavy atom. The van der Waals surface area contributed by atoms with Crippen LogP contribution >= 0.6 is 0 Å². The van der Waals surface area contributed by atoms with Crippen molar-refractivity contribution in [3.8, 4) is 5.88 Å². The number of hydrogen-bond acceptors (Lipinski definition) is 8. The maximum atomic E-state index is 12.4. The maximum Gasteiger partial charge on any atom is 0.522 e. The zero-order valence-electron chi connectivity index (χ0n) is 26.0. The lowest BCUT2D eigenvalue weighted by Gasteiger charge is -2.26. The van der Waals surface area contributed by atoms with Crippen molar-refractivity contribution in [1.82, 2.24) is 4.98 Å². The van der Waals surface area contributed by atoms with Crippen LogP contribution in [0.3, 0.4) is 0 Å². The normalized spacial score (nSPS) is 21.2. The highest BCUT2D eigenvalue weighted by molar-refractivity contribution is 6.25. The number of pyridine rings is 1. The maximum absolute atomic E-state index is 12.4. The summed E-state index contributed by atoms with van der Waals surface area (Å²) in [4.78, 5) is 14.5. The van der Waals surface area contributed by atoms with Crippen LogP contribution in [0.1, 0.15) is 46.0 Å². The summed E-state index contributed by atoms with van der Waals surface area (Å²) in [6.45, 7) is 3.36. The molecule has 2 aliphatic carbocycles. The standard InChI is InChI=1S/C34H40F3N5O3/c1-5-10-24(11-9-20-45-34(35,36)37)39-27-12-6-7-13-28(27)41-30-22-32(42-29-14-8-19-38-33(29)44-4)31(21-23(30)2)40-25-15-17-26(43-3)18-16-25/h6-14,19,21-22,25-26,39,42H,5,15-18,20H2,1-4H3/b11-9-,24-10+,40-31?,41-30?. The molecule has 0 atom stereocenters. The van der Waals surface area contributed by atoms with Crippen molar-refractivity contribution in [2.45, 2.75) is 64.5 Å². The highest BCUT2D eigenvalue weighted by Gasteiger charge is 2.28. The Hall–Kier alpha value is -4.22. The molecule has 4 rings (SSSR count). The summed E-state index contributed by atoms with van der Waals surface area (Å²) in [6.07, 6.45) is 10.6. The van der Waals surface area contributed by atoms with Gasteiger partial charge in [0.25, 0.3) is 0 Å². The van der Waals surface area contributed by atoms with Crippen molar-refractivity contribution in [2.24, 2.45) is 9.98 Å². The Morgan fingerprint density at radius 3 is 2.49 bits per heavy atom. The Kier molecular flexibility index (Phi) is 12.1. The predicted octanol–water partition coefficient (Wildman–Crippen LogP) is 8.32. The van der Waals surface area contributed by atoms with Crippen LogP contribution in [0.25, 0.3) is 0 Å². The van der Waals surface area contributed by atoms with Crippen LogP contribution in [-0.2, 0) is 9.47 Å². The van der Waals surface area contributed by atoms with Crippen molar-refractivity contribution < 1.29 is 27.4 Å². The van der Waals surface area contributed by atoms with Gasteiger partial charge in [-0.25, -0.2) is 9.98 Å². The second-order valence-electron chi connectivity index (χ2n) is 10.6. The lowest BCUT2D eigenvalue weighted by atomic mass is 9.92. The van der Waals surface area contributed by atoms with Gasteiger partial charge in [0.2, 0.25) is 5.88 Å². The van der Waals surface area contributed by atoms with Crippen molar-refractivity contribution >= 4 is 28.5 Å². The number of alkyl halides is 3. The quantitative estimate of drug-likeness (QED) is 0.183. The number of methoxy groups -OCH3 is 2. The van der Waals surface area contributed by atoms with E-state index in [1.165, 1.54) is 6.08 Å². The topological polar surface area (TPSA) is 89.4 Å². The molecule has 1 saturated carbocycles. The highest BCUT2D eigenvalue weighted by Crippen LogP contribution is 2.31. The number of para-hydroxylation sites is 2. The average Bonchev–Trinajstić information content (AvgIpc) is 3.02. The Labute approximate surface area is 262 Å². The van der Waals surface area contributed by atoms with E-state index in [1.54, 1.807) is 26.5 Å². The number of aromatic nitrogens is 1. The van der Waals surface area contributed by atoms with Crippen LogP contribution in [0.5, 0.6) is 5.88 Å². The van der Waals surface area contributed by atoms with E-state index in [0.29, 0.717) is 35.1 Å². The number of allylic oxidation sites excluding steroid dienone is 5. The van der Waals surface area contributed by atoms with Crippen molar-refractivity contribution in [3.05, 3.63) is 89.9 Å². The molecule has 0 bridgehead atoms. The molecule has 1 fully saturated rings. The summed E-state index contributed by atoms with van der Waals surface area (Å²) in [7, 11) is 3.34. The molecule has 0 saturated heterocycles. The minimum Gasteiger partial charge on any atom is -0.480 e. The molecule has 0 radical (unpaired) electrons. The van der Waals surface area contributed by atoms with Crippen molar-refractivity contribution in [2.75, 3.05) is 31.5 Å². The molecule has 2 aliphatic rings. The molecular weight excluding hydrogens is 583 g/mol. The molecule has 0 spiro atoms. The molecule has 1 aromatic heterocycles. The largest absolute Gasteiger partial charge is 0.522 e. The van der Waals surface area contributed by atoms with Crippen molar-refractivity contribution in [1.29, 1.82) is 0 Å². The molecule has 11 heteroatoms. The Bertz CT molecular complexity index is 1490. The first kappa shape index (κ1) is 33.7. The number of anilines is 2. The van der Waals surface area contributed by atoms with E-state index in [-0.39, 0.29) is 12.1 Å². The number of benzene rings is 1. The summed E-state index contributed by atoms with van der Waals surface area (Å²) in [5.41, 5.74) is 5.95. The number of aliphatic imine (C=N–C) groups is 2. The van der Waals surface area contributed by atoms with Gasteiger partial charge in [0.15, 0.2) is 0 Å². The fraction of sp³-hybridized carbons (Fsp3) is 0.382. The lowest BCUT2D eigenvalue weighted by Crippen LogP contribution is -2.25. The van der Waals surface area contributed by atoms with Crippen LogP contribution in [0, 0.1) is 0 Å². The number of nitrogens with zero attached hydrogens (tertiary/aromatic N) is 3. The van der Waals surface area contributed by atoms with Gasteiger partial charge in [0.1, 0.15) is 5.69 Å². The van der Waals surface area contributed by atoms with Crippen molar-refractivity contribution in [3.63, 3.8) is 0 Å². The van der Waals surface area contributed by atoms with Crippen LogP contribution in [0.4, 0.5) is 30.2 Å². The van der Waals surface area contributed by atoms with Gasteiger partial charge < -0.3 is 20.1 Å². The third-order valence-corrected chi connectivity index (χ3v) is 7.34. The van der Waals surface area contributed by atoms with Crippen LogP contribution < -0.4 is 15.4 Å². The minimum atomic E-state index is -4.68. The summed E-state index contributed by atoms with van der Waals surface area (Å²) in [5, 5.41) is 6.77. The molecule has 2 aromatic rings. The molecule has 240 valence electrons. The second kappa shape index (κ2) is 16.2. The summed E-state index contributed by atoms with van der Waals surface area (Å²) in [6, 6.07) is 11.4. The van der Waals surface area contributed by atoms with Gasteiger partial charge in [0, 0.05) is 19.0 Å². The third kappa shape index (κ3) is 10.2. The summed E-state index contributed by atoms with van der Waals surface area (Å²) in [5.74, 6) is 0.460. The zero-order chi connectivity index (χ0) is 32.2. The zero-order valence-corrected chi connectivity index (χ0v) is 26.0. The van der Waals surface area contributed by atoms with Gasteiger partial charge in [0.05, 0.1) is 54.4 Å². The molecular formula is C34H40F3N5O3. The van der Waals surface area contributed by atoms with E-state index in [2.05, 4.69) is 20.4 Å². The molecule has 0 amide bonds.